The first kappa shape index (κ1) is 19.2. The summed E-state index contributed by atoms with van der Waals surface area (Å²) >= 11 is 0. The summed E-state index contributed by atoms with van der Waals surface area (Å²) in [6.07, 6.45) is 2.49. The largest absolute Gasteiger partial charge is 0.497 e. The Morgan fingerprint density at radius 2 is 2.04 bits per heavy atom. The average Bonchev–Trinajstić information content (AvgIpc) is 2.62. The lowest BCUT2D eigenvalue weighted by Gasteiger charge is -2.33. The second-order valence-electron chi connectivity index (χ2n) is 6.59. The third-order valence-electron chi connectivity index (χ3n) is 4.56. The van der Waals surface area contributed by atoms with Gasteiger partial charge in [-0.1, -0.05) is 19.1 Å². The molecule has 1 aliphatic heterocycles. The fraction of sp³-hybridized carbons (Fsp3) is 0.579. The van der Waals surface area contributed by atoms with Gasteiger partial charge in [0.05, 0.1) is 13.7 Å². The number of piperidine rings is 1. The molecule has 0 saturated carbocycles. The van der Waals surface area contributed by atoms with E-state index in [4.69, 9.17) is 4.74 Å². The molecule has 0 bridgehead atoms. The smallest absolute Gasteiger partial charge is 0.236 e. The SMILES string of the molecule is CCC(=O)NC1CCCN(CC(=O)N(C)Cc2ccc(OC)cc2)C1. The van der Waals surface area contributed by atoms with E-state index < -0.39 is 0 Å². The van der Waals surface area contributed by atoms with Crippen LogP contribution >= 0.6 is 0 Å². The maximum Gasteiger partial charge on any atom is 0.236 e. The van der Waals surface area contributed by atoms with Crippen molar-refractivity contribution in [3.63, 3.8) is 0 Å². The maximum absolute atomic E-state index is 12.5. The van der Waals surface area contributed by atoms with Crippen LogP contribution in [0.25, 0.3) is 0 Å². The van der Waals surface area contributed by atoms with E-state index in [0.29, 0.717) is 19.5 Å². The molecular formula is C19H29N3O3. The van der Waals surface area contributed by atoms with Crippen molar-refractivity contribution in [1.29, 1.82) is 0 Å². The van der Waals surface area contributed by atoms with Gasteiger partial charge < -0.3 is 15.0 Å². The van der Waals surface area contributed by atoms with Crippen LogP contribution in [-0.2, 0) is 16.1 Å². The Labute approximate surface area is 150 Å². The number of hydrogen-bond acceptors (Lipinski definition) is 4. The Morgan fingerprint density at radius 3 is 2.68 bits per heavy atom. The minimum absolute atomic E-state index is 0.0785. The number of methoxy groups -OCH3 is 1. The summed E-state index contributed by atoms with van der Waals surface area (Å²) in [6, 6.07) is 7.90. The number of hydrogen-bond donors (Lipinski definition) is 1. The lowest BCUT2D eigenvalue weighted by Crippen LogP contribution is -2.50. The zero-order chi connectivity index (χ0) is 18.2. The van der Waals surface area contributed by atoms with Crippen molar-refractivity contribution in [1.82, 2.24) is 15.1 Å². The van der Waals surface area contributed by atoms with Crippen LogP contribution in [0.3, 0.4) is 0 Å². The topological polar surface area (TPSA) is 61.9 Å². The van der Waals surface area contributed by atoms with Gasteiger partial charge in [0.25, 0.3) is 0 Å². The third-order valence-corrected chi connectivity index (χ3v) is 4.56. The molecule has 1 aromatic rings. The van der Waals surface area contributed by atoms with Gasteiger partial charge in [-0.25, -0.2) is 0 Å². The van der Waals surface area contributed by atoms with Gasteiger partial charge >= 0.3 is 0 Å². The molecule has 0 aromatic heterocycles. The summed E-state index contributed by atoms with van der Waals surface area (Å²) in [5.74, 6) is 0.985. The Balaban J connectivity index is 1.82. The van der Waals surface area contributed by atoms with Crippen molar-refractivity contribution in [2.24, 2.45) is 0 Å². The van der Waals surface area contributed by atoms with Gasteiger partial charge in [0.2, 0.25) is 11.8 Å². The Hall–Kier alpha value is -2.08. The zero-order valence-corrected chi connectivity index (χ0v) is 15.5. The van der Waals surface area contributed by atoms with E-state index in [2.05, 4.69) is 10.2 Å². The first-order valence-corrected chi connectivity index (χ1v) is 8.90. The normalized spacial score (nSPS) is 17.8. The van der Waals surface area contributed by atoms with Crippen molar-refractivity contribution in [2.45, 2.75) is 38.8 Å². The van der Waals surface area contributed by atoms with Crippen molar-refractivity contribution in [3.8, 4) is 5.75 Å². The van der Waals surface area contributed by atoms with Gasteiger partial charge in [-0.2, -0.15) is 0 Å². The summed E-state index contributed by atoms with van der Waals surface area (Å²) in [5, 5.41) is 3.03. The van der Waals surface area contributed by atoms with Gasteiger partial charge in [0, 0.05) is 32.6 Å². The van der Waals surface area contributed by atoms with E-state index >= 15 is 0 Å². The molecule has 1 unspecified atom stereocenters. The van der Waals surface area contributed by atoms with Crippen LogP contribution in [0.1, 0.15) is 31.7 Å². The summed E-state index contributed by atoms with van der Waals surface area (Å²) in [4.78, 5) is 27.9. The molecular weight excluding hydrogens is 318 g/mol. The molecule has 0 spiro atoms. The molecule has 2 amide bonds. The number of likely N-dealkylation sites (N-methyl/N-ethyl adjacent to an activating group) is 1. The standard InChI is InChI=1S/C19H29N3O3/c1-4-18(23)20-16-6-5-11-22(13-16)14-19(24)21(2)12-15-7-9-17(25-3)10-8-15/h7-10,16H,4-6,11-14H2,1-3H3,(H,20,23). The molecule has 6 nitrogen and oxygen atoms in total. The number of likely N-dealkylation sites (tertiary alicyclic amines) is 1. The Kier molecular flexibility index (Phi) is 7.25. The summed E-state index contributed by atoms with van der Waals surface area (Å²) < 4.78 is 5.15. The van der Waals surface area contributed by atoms with Crippen molar-refractivity contribution in [3.05, 3.63) is 29.8 Å². The number of carbonyl (C=O) groups is 2. The maximum atomic E-state index is 12.5. The summed E-state index contributed by atoms with van der Waals surface area (Å²) in [5.41, 5.74) is 1.07. The summed E-state index contributed by atoms with van der Waals surface area (Å²) in [6.45, 7) is 4.47. The monoisotopic (exact) mass is 347 g/mol. The first-order chi connectivity index (χ1) is 12.0. The molecule has 138 valence electrons. The molecule has 1 atom stereocenters. The van der Waals surface area contributed by atoms with Crippen LogP contribution in [0, 0.1) is 0 Å². The van der Waals surface area contributed by atoms with Crippen LogP contribution < -0.4 is 10.1 Å². The van der Waals surface area contributed by atoms with Crippen molar-refractivity contribution >= 4 is 11.8 Å². The Bertz CT molecular complexity index is 574. The minimum Gasteiger partial charge on any atom is -0.497 e. The lowest BCUT2D eigenvalue weighted by molar-refractivity contribution is -0.132. The fourth-order valence-corrected chi connectivity index (χ4v) is 3.05. The number of benzene rings is 1. The van der Waals surface area contributed by atoms with Gasteiger partial charge in [-0.05, 0) is 37.1 Å². The molecule has 25 heavy (non-hydrogen) atoms. The van der Waals surface area contributed by atoms with Crippen molar-refractivity contribution < 1.29 is 14.3 Å². The van der Waals surface area contributed by atoms with Gasteiger partial charge in [0.1, 0.15) is 5.75 Å². The van der Waals surface area contributed by atoms with Crippen molar-refractivity contribution in [2.75, 3.05) is 33.8 Å². The Morgan fingerprint density at radius 1 is 1.32 bits per heavy atom. The highest BCUT2D eigenvalue weighted by Gasteiger charge is 2.23. The predicted octanol–water partition coefficient (Wildman–Crippen LogP) is 1.64. The van der Waals surface area contributed by atoms with E-state index in [1.54, 1.807) is 12.0 Å². The molecule has 1 heterocycles. The van der Waals surface area contributed by atoms with Gasteiger partial charge in [0.15, 0.2) is 0 Å². The molecule has 1 fully saturated rings. The van der Waals surface area contributed by atoms with Crippen LogP contribution in [-0.4, -0.2) is 61.4 Å². The van der Waals surface area contributed by atoms with Gasteiger partial charge in [-0.15, -0.1) is 0 Å². The highest BCUT2D eigenvalue weighted by molar-refractivity contribution is 5.78. The van der Waals surface area contributed by atoms with E-state index in [-0.39, 0.29) is 17.9 Å². The van der Waals surface area contributed by atoms with Gasteiger partial charge in [-0.3, -0.25) is 14.5 Å². The van der Waals surface area contributed by atoms with E-state index in [0.717, 1.165) is 37.2 Å². The third kappa shape index (κ3) is 6.05. The van der Waals surface area contributed by atoms with Crippen LogP contribution in [0.15, 0.2) is 24.3 Å². The molecule has 0 aliphatic carbocycles. The highest BCUT2D eigenvalue weighted by Crippen LogP contribution is 2.14. The zero-order valence-electron chi connectivity index (χ0n) is 15.5. The number of amides is 2. The number of ether oxygens (including phenoxy) is 1. The van der Waals surface area contributed by atoms with E-state index in [1.165, 1.54) is 0 Å². The van der Waals surface area contributed by atoms with E-state index in [9.17, 15) is 9.59 Å². The first-order valence-electron chi connectivity index (χ1n) is 8.90. The number of nitrogens with zero attached hydrogens (tertiary/aromatic N) is 2. The van der Waals surface area contributed by atoms with Crippen LogP contribution in [0.5, 0.6) is 5.75 Å². The number of rotatable bonds is 7. The average molecular weight is 347 g/mol. The molecule has 1 aromatic carbocycles. The second-order valence-corrected chi connectivity index (χ2v) is 6.59. The second kappa shape index (κ2) is 9.42. The van der Waals surface area contributed by atoms with Crippen LogP contribution in [0.2, 0.25) is 0 Å². The predicted molar refractivity (Wildman–Crippen MR) is 97.4 cm³/mol. The molecule has 1 aliphatic rings. The summed E-state index contributed by atoms with van der Waals surface area (Å²) in [7, 11) is 3.46. The quantitative estimate of drug-likeness (QED) is 0.815. The fourth-order valence-electron chi connectivity index (χ4n) is 3.05. The molecule has 1 N–H and O–H groups in total. The van der Waals surface area contributed by atoms with E-state index in [1.807, 2.05) is 38.2 Å². The molecule has 1 saturated heterocycles. The molecule has 2 rings (SSSR count). The number of carbonyl (C=O) groups excluding carboxylic acids is 2. The molecule has 0 radical (unpaired) electrons. The highest BCUT2D eigenvalue weighted by atomic mass is 16.5. The minimum atomic E-state index is 0.0785. The molecule has 6 heteroatoms. The number of nitrogens with one attached hydrogen (secondary N) is 1. The lowest BCUT2D eigenvalue weighted by atomic mass is 10.1. The van der Waals surface area contributed by atoms with Crippen LogP contribution in [0.4, 0.5) is 0 Å².